The quantitative estimate of drug-likeness (QED) is 0.839. The van der Waals surface area contributed by atoms with Crippen LogP contribution in [0.4, 0.5) is 0 Å². The van der Waals surface area contributed by atoms with E-state index in [-0.39, 0.29) is 0 Å². The van der Waals surface area contributed by atoms with E-state index in [2.05, 4.69) is 0 Å². The summed E-state index contributed by atoms with van der Waals surface area (Å²) in [6.45, 7) is 0. The summed E-state index contributed by atoms with van der Waals surface area (Å²) in [5.41, 5.74) is 1.92. The molecule has 4 nitrogen and oxygen atoms in total. The summed E-state index contributed by atoms with van der Waals surface area (Å²) in [7, 11) is 7.20. The van der Waals surface area contributed by atoms with Gasteiger partial charge in [-0.1, -0.05) is 24.3 Å². The summed E-state index contributed by atoms with van der Waals surface area (Å²) in [6, 6.07) is 7.74. The van der Waals surface area contributed by atoms with Crippen LogP contribution in [-0.2, 0) is 15.1 Å². The van der Waals surface area contributed by atoms with Gasteiger partial charge in [-0.15, -0.1) is 0 Å². The average molecular weight is 277 g/mol. The second-order valence-electron chi connectivity index (χ2n) is 5.34. The van der Waals surface area contributed by atoms with Gasteiger partial charge in [0, 0.05) is 39.6 Å². The lowest BCUT2D eigenvalue weighted by molar-refractivity contribution is -0.108. The summed E-state index contributed by atoms with van der Waals surface area (Å²) in [4.78, 5) is 2.05. The largest absolute Gasteiger partial charge is 0.381 e. The molecule has 0 aromatic heterocycles. The van der Waals surface area contributed by atoms with Crippen molar-refractivity contribution in [3.63, 3.8) is 0 Å². The van der Waals surface area contributed by atoms with Gasteiger partial charge in [0.05, 0.1) is 0 Å². The van der Waals surface area contributed by atoms with Crippen LogP contribution in [0.1, 0.15) is 30.3 Å². The van der Waals surface area contributed by atoms with Crippen molar-refractivity contribution in [1.82, 2.24) is 4.90 Å². The zero-order chi connectivity index (χ0) is 14.8. The molecule has 0 heterocycles. The molecule has 2 rings (SSSR count). The lowest BCUT2D eigenvalue weighted by Gasteiger charge is -2.26. The monoisotopic (exact) mass is 277 g/mol. The third-order valence-corrected chi connectivity index (χ3v) is 3.85. The van der Waals surface area contributed by atoms with Gasteiger partial charge in [-0.3, -0.25) is 0 Å². The summed E-state index contributed by atoms with van der Waals surface area (Å²) in [5.74, 6) is 0. The highest BCUT2D eigenvalue weighted by molar-refractivity contribution is 5.39. The smallest absolute Gasteiger partial charge is 0.183 e. The molecule has 0 saturated heterocycles. The fourth-order valence-corrected chi connectivity index (χ4v) is 2.75. The SMILES string of the molecule is COC(OC)c1ccccc1C1(O)C=C(N(C)C)CC1. The van der Waals surface area contributed by atoms with Gasteiger partial charge in [-0.25, -0.2) is 0 Å². The first kappa shape index (κ1) is 15.0. The molecule has 0 radical (unpaired) electrons. The molecule has 1 aromatic rings. The fraction of sp³-hybridized carbons (Fsp3) is 0.500. The Morgan fingerprint density at radius 1 is 1.20 bits per heavy atom. The normalized spacial score (nSPS) is 22.2. The van der Waals surface area contributed by atoms with Crippen LogP contribution < -0.4 is 0 Å². The van der Waals surface area contributed by atoms with Crippen LogP contribution >= 0.6 is 0 Å². The van der Waals surface area contributed by atoms with Crippen molar-refractivity contribution in [2.45, 2.75) is 24.7 Å². The third kappa shape index (κ3) is 2.73. The van der Waals surface area contributed by atoms with Crippen molar-refractivity contribution in [1.29, 1.82) is 0 Å². The maximum absolute atomic E-state index is 11.0. The fourth-order valence-electron chi connectivity index (χ4n) is 2.75. The summed E-state index contributed by atoms with van der Waals surface area (Å²) in [6.07, 6.45) is 3.01. The Morgan fingerprint density at radius 2 is 1.85 bits per heavy atom. The molecule has 0 bridgehead atoms. The Morgan fingerprint density at radius 3 is 2.40 bits per heavy atom. The first-order valence-electron chi connectivity index (χ1n) is 6.78. The number of hydrogen-bond acceptors (Lipinski definition) is 4. The van der Waals surface area contributed by atoms with Crippen LogP contribution in [0.2, 0.25) is 0 Å². The highest BCUT2D eigenvalue weighted by Gasteiger charge is 2.36. The van der Waals surface area contributed by atoms with E-state index in [1.165, 1.54) is 0 Å². The van der Waals surface area contributed by atoms with E-state index in [0.29, 0.717) is 6.42 Å². The number of rotatable bonds is 5. The number of methoxy groups -OCH3 is 2. The second kappa shape index (κ2) is 5.95. The van der Waals surface area contributed by atoms with Crippen molar-refractivity contribution in [2.75, 3.05) is 28.3 Å². The molecule has 1 aliphatic rings. The molecule has 110 valence electrons. The number of ether oxygens (including phenoxy) is 2. The van der Waals surface area contributed by atoms with Gasteiger partial charge < -0.3 is 19.5 Å². The lowest BCUT2D eigenvalue weighted by atomic mass is 9.89. The number of benzene rings is 1. The lowest BCUT2D eigenvalue weighted by Crippen LogP contribution is -2.23. The van der Waals surface area contributed by atoms with Crippen molar-refractivity contribution >= 4 is 0 Å². The van der Waals surface area contributed by atoms with Crippen molar-refractivity contribution in [3.05, 3.63) is 47.2 Å². The second-order valence-corrected chi connectivity index (χ2v) is 5.34. The molecule has 1 N–H and O–H groups in total. The van der Waals surface area contributed by atoms with Gasteiger partial charge in [0.2, 0.25) is 0 Å². The van der Waals surface area contributed by atoms with E-state index in [4.69, 9.17) is 9.47 Å². The molecule has 1 aliphatic carbocycles. The minimum Gasteiger partial charge on any atom is -0.381 e. The van der Waals surface area contributed by atoms with Gasteiger partial charge >= 0.3 is 0 Å². The minimum atomic E-state index is -0.953. The van der Waals surface area contributed by atoms with Crippen LogP contribution in [0.15, 0.2) is 36.0 Å². The third-order valence-electron chi connectivity index (χ3n) is 3.85. The van der Waals surface area contributed by atoms with Gasteiger partial charge in [0.1, 0.15) is 5.60 Å². The van der Waals surface area contributed by atoms with Crippen LogP contribution in [0.25, 0.3) is 0 Å². The molecule has 0 fully saturated rings. The molecule has 1 atom stereocenters. The first-order valence-corrected chi connectivity index (χ1v) is 6.78. The Kier molecular flexibility index (Phi) is 4.48. The highest BCUT2D eigenvalue weighted by atomic mass is 16.7. The maximum Gasteiger partial charge on any atom is 0.183 e. The standard InChI is InChI=1S/C16H23NO3/c1-17(2)12-9-10-16(18,11-12)14-8-6-5-7-13(14)15(19-3)20-4/h5-8,11,15,18H,9-10H2,1-4H3. The predicted octanol–water partition coefficient (Wildman–Crippen LogP) is 2.40. The Labute approximate surface area is 120 Å². The van der Waals surface area contributed by atoms with Gasteiger partial charge in [0.25, 0.3) is 0 Å². The van der Waals surface area contributed by atoms with E-state index in [1.54, 1.807) is 14.2 Å². The molecule has 20 heavy (non-hydrogen) atoms. The number of aliphatic hydroxyl groups is 1. The zero-order valence-corrected chi connectivity index (χ0v) is 12.6. The van der Waals surface area contributed by atoms with E-state index in [9.17, 15) is 5.11 Å². The van der Waals surface area contributed by atoms with Crippen molar-refractivity contribution < 1.29 is 14.6 Å². The molecule has 0 aliphatic heterocycles. The molecular weight excluding hydrogens is 254 g/mol. The van der Waals surface area contributed by atoms with Crippen LogP contribution in [0.3, 0.4) is 0 Å². The molecular formula is C16H23NO3. The van der Waals surface area contributed by atoms with E-state index < -0.39 is 11.9 Å². The Hall–Kier alpha value is -1.36. The van der Waals surface area contributed by atoms with E-state index >= 15 is 0 Å². The minimum absolute atomic E-state index is 0.466. The Bertz CT molecular complexity index is 494. The first-order chi connectivity index (χ1) is 9.51. The average Bonchev–Trinajstić information content (AvgIpc) is 2.85. The number of hydrogen-bond donors (Lipinski definition) is 1. The summed E-state index contributed by atoms with van der Waals surface area (Å²) in [5, 5.41) is 11.0. The number of allylic oxidation sites excluding steroid dienone is 1. The molecule has 1 aromatic carbocycles. The van der Waals surface area contributed by atoms with Gasteiger partial charge in [-0.2, -0.15) is 0 Å². The van der Waals surface area contributed by atoms with E-state index in [0.717, 1.165) is 23.2 Å². The van der Waals surface area contributed by atoms with Crippen LogP contribution in [-0.4, -0.2) is 38.3 Å². The molecule has 4 heteroatoms. The molecule has 0 saturated carbocycles. The molecule has 0 amide bonds. The zero-order valence-electron chi connectivity index (χ0n) is 12.6. The van der Waals surface area contributed by atoms with Crippen LogP contribution in [0.5, 0.6) is 0 Å². The van der Waals surface area contributed by atoms with E-state index in [1.807, 2.05) is 49.3 Å². The topological polar surface area (TPSA) is 41.9 Å². The van der Waals surface area contributed by atoms with Crippen molar-refractivity contribution in [2.24, 2.45) is 0 Å². The van der Waals surface area contributed by atoms with Crippen LogP contribution in [0, 0.1) is 0 Å². The predicted molar refractivity (Wildman–Crippen MR) is 78.1 cm³/mol. The highest BCUT2D eigenvalue weighted by Crippen LogP contribution is 2.40. The summed E-state index contributed by atoms with van der Waals surface area (Å²) >= 11 is 0. The Balaban J connectivity index is 2.43. The van der Waals surface area contributed by atoms with Gasteiger partial charge in [0.15, 0.2) is 6.29 Å². The van der Waals surface area contributed by atoms with Gasteiger partial charge in [-0.05, 0) is 24.5 Å². The summed E-state index contributed by atoms with van der Waals surface area (Å²) < 4.78 is 10.7. The number of nitrogens with zero attached hydrogens (tertiary/aromatic N) is 1. The molecule has 0 spiro atoms. The maximum atomic E-state index is 11.0. The van der Waals surface area contributed by atoms with Crippen molar-refractivity contribution in [3.8, 4) is 0 Å². The molecule has 1 unspecified atom stereocenters.